The van der Waals surface area contributed by atoms with Gasteiger partial charge < -0.3 is 10.2 Å². The zero-order valence-corrected chi connectivity index (χ0v) is 12.7. The van der Waals surface area contributed by atoms with Gasteiger partial charge in [-0.1, -0.05) is 76.3 Å². The second-order valence-corrected chi connectivity index (χ2v) is 5.42. The van der Waals surface area contributed by atoms with Crippen molar-refractivity contribution in [3.63, 3.8) is 0 Å². The SMILES string of the molecule is C=CC(O)(C=C)CCCCCCCCC(O)(C=C)C=C. The van der Waals surface area contributed by atoms with Crippen molar-refractivity contribution in [2.24, 2.45) is 0 Å². The molecular formula is C18H30O2. The third kappa shape index (κ3) is 7.46. The Labute approximate surface area is 124 Å². The van der Waals surface area contributed by atoms with Crippen molar-refractivity contribution in [1.82, 2.24) is 0 Å². The lowest BCUT2D eigenvalue weighted by atomic mass is 9.94. The van der Waals surface area contributed by atoms with Gasteiger partial charge in [0.15, 0.2) is 0 Å². The van der Waals surface area contributed by atoms with E-state index < -0.39 is 11.2 Å². The molecule has 0 aliphatic rings. The van der Waals surface area contributed by atoms with E-state index in [1.165, 1.54) is 0 Å². The number of aliphatic hydroxyl groups is 2. The highest BCUT2D eigenvalue weighted by Gasteiger charge is 2.17. The van der Waals surface area contributed by atoms with Crippen LogP contribution in [0.5, 0.6) is 0 Å². The van der Waals surface area contributed by atoms with E-state index in [0.29, 0.717) is 12.8 Å². The van der Waals surface area contributed by atoms with Gasteiger partial charge >= 0.3 is 0 Å². The highest BCUT2D eigenvalue weighted by Crippen LogP contribution is 2.20. The van der Waals surface area contributed by atoms with Gasteiger partial charge in [-0.15, -0.1) is 0 Å². The molecule has 0 amide bonds. The highest BCUT2D eigenvalue weighted by molar-refractivity contribution is 5.08. The van der Waals surface area contributed by atoms with Crippen LogP contribution in [0.3, 0.4) is 0 Å². The Hall–Kier alpha value is -1.12. The third-order valence-electron chi connectivity index (χ3n) is 3.82. The van der Waals surface area contributed by atoms with Crippen LogP contribution in [0.1, 0.15) is 51.4 Å². The van der Waals surface area contributed by atoms with Crippen molar-refractivity contribution < 1.29 is 10.2 Å². The van der Waals surface area contributed by atoms with E-state index in [1.54, 1.807) is 24.3 Å². The fourth-order valence-electron chi connectivity index (χ4n) is 2.10. The lowest BCUT2D eigenvalue weighted by molar-refractivity contribution is 0.127. The predicted octanol–water partition coefficient (Wildman–Crippen LogP) is 4.31. The Kier molecular flexibility index (Phi) is 9.19. The van der Waals surface area contributed by atoms with Crippen LogP contribution in [-0.2, 0) is 0 Å². The minimum absolute atomic E-state index is 0.687. The second-order valence-electron chi connectivity index (χ2n) is 5.42. The molecule has 0 aromatic rings. The molecule has 0 saturated heterocycles. The number of hydrogen-bond acceptors (Lipinski definition) is 2. The van der Waals surface area contributed by atoms with Crippen molar-refractivity contribution in [3.05, 3.63) is 50.6 Å². The Morgan fingerprint density at radius 2 is 0.800 bits per heavy atom. The van der Waals surface area contributed by atoms with Gasteiger partial charge in [0, 0.05) is 0 Å². The molecule has 0 heterocycles. The van der Waals surface area contributed by atoms with E-state index in [-0.39, 0.29) is 0 Å². The van der Waals surface area contributed by atoms with E-state index in [2.05, 4.69) is 26.3 Å². The molecule has 0 aromatic carbocycles. The number of rotatable bonds is 13. The zero-order chi connectivity index (χ0) is 15.5. The fourth-order valence-corrected chi connectivity index (χ4v) is 2.10. The summed E-state index contributed by atoms with van der Waals surface area (Å²) in [6, 6.07) is 0. The van der Waals surface area contributed by atoms with Crippen molar-refractivity contribution in [2.75, 3.05) is 0 Å². The number of unbranched alkanes of at least 4 members (excludes halogenated alkanes) is 5. The van der Waals surface area contributed by atoms with Gasteiger partial charge in [-0.2, -0.15) is 0 Å². The molecule has 0 fully saturated rings. The van der Waals surface area contributed by atoms with Gasteiger partial charge in [-0.25, -0.2) is 0 Å². The molecule has 0 aliphatic carbocycles. The molecule has 0 unspecified atom stereocenters. The van der Waals surface area contributed by atoms with Crippen LogP contribution in [0.2, 0.25) is 0 Å². The van der Waals surface area contributed by atoms with Crippen LogP contribution in [0.15, 0.2) is 50.6 Å². The Morgan fingerprint density at radius 3 is 1.05 bits per heavy atom. The second kappa shape index (κ2) is 9.73. The summed E-state index contributed by atoms with van der Waals surface area (Å²) in [6.45, 7) is 14.5. The van der Waals surface area contributed by atoms with E-state index in [9.17, 15) is 10.2 Å². The molecule has 0 aliphatic heterocycles. The molecular weight excluding hydrogens is 248 g/mol. The smallest absolute Gasteiger partial charge is 0.100 e. The molecule has 0 radical (unpaired) electrons. The zero-order valence-electron chi connectivity index (χ0n) is 12.7. The summed E-state index contributed by atoms with van der Waals surface area (Å²) >= 11 is 0. The van der Waals surface area contributed by atoms with Crippen molar-refractivity contribution in [3.8, 4) is 0 Å². The summed E-state index contributed by atoms with van der Waals surface area (Å²) in [5.41, 5.74) is -1.82. The first-order chi connectivity index (χ1) is 9.45. The van der Waals surface area contributed by atoms with Gasteiger partial charge in [0.05, 0.1) is 0 Å². The van der Waals surface area contributed by atoms with Crippen LogP contribution < -0.4 is 0 Å². The van der Waals surface area contributed by atoms with E-state index in [0.717, 1.165) is 38.5 Å². The minimum Gasteiger partial charge on any atom is -0.382 e. The van der Waals surface area contributed by atoms with Gasteiger partial charge in [0.1, 0.15) is 11.2 Å². The highest BCUT2D eigenvalue weighted by atomic mass is 16.3. The molecule has 0 spiro atoms. The van der Waals surface area contributed by atoms with Gasteiger partial charge in [-0.3, -0.25) is 0 Å². The van der Waals surface area contributed by atoms with E-state index in [4.69, 9.17) is 0 Å². The fraction of sp³-hybridized carbons (Fsp3) is 0.556. The molecule has 2 nitrogen and oxygen atoms in total. The average molecular weight is 278 g/mol. The van der Waals surface area contributed by atoms with Crippen LogP contribution >= 0.6 is 0 Å². The predicted molar refractivity (Wildman–Crippen MR) is 87.6 cm³/mol. The first kappa shape index (κ1) is 18.9. The van der Waals surface area contributed by atoms with E-state index >= 15 is 0 Å². The van der Waals surface area contributed by atoms with Crippen LogP contribution in [0.4, 0.5) is 0 Å². The first-order valence-corrected chi connectivity index (χ1v) is 7.44. The molecule has 0 saturated carbocycles. The van der Waals surface area contributed by atoms with Crippen LogP contribution in [0, 0.1) is 0 Å². The maximum absolute atomic E-state index is 9.93. The molecule has 20 heavy (non-hydrogen) atoms. The molecule has 2 heteroatoms. The molecule has 0 atom stereocenters. The lowest BCUT2D eigenvalue weighted by Crippen LogP contribution is -2.21. The Bertz CT molecular complexity index is 269. The molecule has 114 valence electrons. The third-order valence-corrected chi connectivity index (χ3v) is 3.82. The monoisotopic (exact) mass is 278 g/mol. The van der Waals surface area contributed by atoms with E-state index in [1.807, 2.05) is 0 Å². The Morgan fingerprint density at radius 1 is 0.550 bits per heavy atom. The molecule has 2 N–H and O–H groups in total. The molecule has 0 rings (SSSR count). The Balaban J connectivity index is 3.59. The maximum atomic E-state index is 9.93. The van der Waals surface area contributed by atoms with Crippen LogP contribution in [-0.4, -0.2) is 21.4 Å². The van der Waals surface area contributed by atoms with Gasteiger partial charge in [-0.05, 0) is 25.7 Å². The standard InChI is InChI=1S/C18H30O2/c1-5-17(19,6-2)15-13-11-9-10-12-14-16-18(20,7-3)8-4/h5-8,19-20H,1-4,9-16H2. The number of hydrogen-bond donors (Lipinski definition) is 2. The summed E-state index contributed by atoms with van der Waals surface area (Å²) in [7, 11) is 0. The largest absolute Gasteiger partial charge is 0.382 e. The first-order valence-electron chi connectivity index (χ1n) is 7.44. The topological polar surface area (TPSA) is 40.5 Å². The van der Waals surface area contributed by atoms with Crippen LogP contribution in [0.25, 0.3) is 0 Å². The van der Waals surface area contributed by atoms with Gasteiger partial charge in [0.25, 0.3) is 0 Å². The molecule has 0 aromatic heterocycles. The quantitative estimate of drug-likeness (QED) is 0.389. The average Bonchev–Trinajstić information content (AvgIpc) is 2.49. The maximum Gasteiger partial charge on any atom is 0.100 e. The summed E-state index contributed by atoms with van der Waals surface area (Å²) in [4.78, 5) is 0. The summed E-state index contributed by atoms with van der Waals surface area (Å²) in [5.74, 6) is 0. The molecule has 0 bridgehead atoms. The summed E-state index contributed by atoms with van der Waals surface area (Å²) in [5, 5.41) is 19.9. The lowest BCUT2D eigenvalue weighted by Gasteiger charge is -2.19. The van der Waals surface area contributed by atoms with Crippen molar-refractivity contribution in [1.29, 1.82) is 0 Å². The van der Waals surface area contributed by atoms with Crippen molar-refractivity contribution >= 4 is 0 Å². The normalized spacial score (nSPS) is 11.9. The van der Waals surface area contributed by atoms with Crippen molar-refractivity contribution in [2.45, 2.75) is 62.6 Å². The minimum atomic E-state index is -0.912. The van der Waals surface area contributed by atoms with Gasteiger partial charge in [0.2, 0.25) is 0 Å². The summed E-state index contributed by atoms with van der Waals surface area (Å²) < 4.78 is 0. The summed E-state index contributed by atoms with van der Waals surface area (Å²) in [6.07, 6.45) is 14.0.